The third kappa shape index (κ3) is 5.58. The molecule has 3 rings (SSSR count). The van der Waals surface area contributed by atoms with E-state index in [4.69, 9.17) is 4.74 Å². The monoisotopic (exact) mass is 416 g/mol. The standard InChI is InChI=1S/C21H25BrN2O2/c1-15-6-9-19(10-7-15)24-21(25)14-26-20-11-8-17(22)12-16(20)13-23-18-4-2-3-5-18/h6-12,18,23H,2-5,13-14H2,1H3,(H,24,25). The van der Waals surface area contributed by atoms with E-state index in [0.717, 1.165) is 33.6 Å². The lowest BCUT2D eigenvalue weighted by atomic mass is 10.1. The Morgan fingerprint density at radius 2 is 1.88 bits per heavy atom. The van der Waals surface area contributed by atoms with Gasteiger partial charge in [-0.1, -0.05) is 46.5 Å². The van der Waals surface area contributed by atoms with Crippen molar-refractivity contribution < 1.29 is 9.53 Å². The molecule has 0 atom stereocenters. The van der Waals surface area contributed by atoms with Gasteiger partial charge in [0, 0.05) is 28.3 Å². The predicted molar refractivity (Wildman–Crippen MR) is 109 cm³/mol. The molecular weight excluding hydrogens is 392 g/mol. The van der Waals surface area contributed by atoms with Crippen molar-refractivity contribution in [3.05, 3.63) is 58.1 Å². The first kappa shape index (κ1) is 18.9. The molecule has 138 valence electrons. The largest absolute Gasteiger partial charge is 0.483 e. The van der Waals surface area contributed by atoms with Crippen LogP contribution in [-0.4, -0.2) is 18.6 Å². The van der Waals surface area contributed by atoms with Crippen LogP contribution in [0, 0.1) is 6.92 Å². The summed E-state index contributed by atoms with van der Waals surface area (Å²) < 4.78 is 6.80. The van der Waals surface area contributed by atoms with Crippen molar-refractivity contribution in [2.75, 3.05) is 11.9 Å². The Bertz CT molecular complexity index is 740. The summed E-state index contributed by atoms with van der Waals surface area (Å²) >= 11 is 3.52. The second kappa shape index (κ2) is 9.19. The number of carbonyl (C=O) groups is 1. The normalized spacial score (nSPS) is 14.4. The summed E-state index contributed by atoms with van der Waals surface area (Å²) in [4.78, 5) is 12.2. The molecule has 1 amide bonds. The van der Waals surface area contributed by atoms with Crippen LogP contribution in [0.2, 0.25) is 0 Å². The van der Waals surface area contributed by atoms with E-state index in [1.165, 1.54) is 25.7 Å². The number of carbonyl (C=O) groups excluding carboxylic acids is 1. The molecule has 0 spiro atoms. The molecule has 0 heterocycles. The minimum Gasteiger partial charge on any atom is -0.483 e. The Balaban J connectivity index is 1.56. The fourth-order valence-corrected chi connectivity index (χ4v) is 3.60. The fraction of sp³-hybridized carbons (Fsp3) is 0.381. The van der Waals surface area contributed by atoms with E-state index in [1.807, 2.05) is 43.3 Å². The molecule has 2 aromatic carbocycles. The first-order valence-electron chi connectivity index (χ1n) is 9.11. The minimum atomic E-state index is -0.161. The highest BCUT2D eigenvalue weighted by Crippen LogP contribution is 2.25. The molecule has 1 aliphatic carbocycles. The molecule has 5 heteroatoms. The van der Waals surface area contributed by atoms with E-state index >= 15 is 0 Å². The highest BCUT2D eigenvalue weighted by Gasteiger charge is 2.15. The molecule has 26 heavy (non-hydrogen) atoms. The van der Waals surface area contributed by atoms with Crippen LogP contribution < -0.4 is 15.4 Å². The number of halogens is 1. The molecular formula is C21H25BrN2O2. The molecule has 0 unspecified atom stereocenters. The number of aryl methyl sites for hydroxylation is 1. The topological polar surface area (TPSA) is 50.4 Å². The number of rotatable bonds is 7. The summed E-state index contributed by atoms with van der Waals surface area (Å²) in [6, 6.07) is 14.2. The lowest BCUT2D eigenvalue weighted by Gasteiger charge is -2.16. The van der Waals surface area contributed by atoms with Gasteiger partial charge in [-0.15, -0.1) is 0 Å². The zero-order chi connectivity index (χ0) is 18.4. The Labute approximate surface area is 163 Å². The van der Waals surface area contributed by atoms with Crippen molar-refractivity contribution in [3.8, 4) is 5.75 Å². The van der Waals surface area contributed by atoms with Crippen molar-refractivity contribution in [2.24, 2.45) is 0 Å². The maximum atomic E-state index is 12.2. The highest BCUT2D eigenvalue weighted by molar-refractivity contribution is 9.10. The van der Waals surface area contributed by atoms with Crippen LogP contribution in [0.4, 0.5) is 5.69 Å². The Kier molecular flexibility index (Phi) is 6.69. The zero-order valence-corrected chi connectivity index (χ0v) is 16.6. The molecule has 4 nitrogen and oxygen atoms in total. The van der Waals surface area contributed by atoms with Gasteiger partial charge < -0.3 is 15.4 Å². The van der Waals surface area contributed by atoms with Crippen molar-refractivity contribution >= 4 is 27.5 Å². The van der Waals surface area contributed by atoms with E-state index in [0.29, 0.717) is 6.04 Å². The number of anilines is 1. The summed E-state index contributed by atoms with van der Waals surface area (Å²) in [7, 11) is 0. The van der Waals surface area contributed by atoms with Gasteiger partial charge in [0.2, 0.25) is 0 Å². The summed E-state index contributed by atoms with van der Waals surface area (Å²) in [5.41, 5.74) is 3.01. The Morgan fingerprint density at radius 3 is 2.62 bits per heavy atom. The summed E-state index contributed by atoms with van der Waals surface area (Å²) in [5, 5.41) is 6.46. The van der Waals surface area contributed by atoms with Crippen LogP contribution in [-0.2, 0) is 11.3 Å². The van der Waals surface area contributed by atoms with Gasteiger partial charge in [-0.05, 0) is 50.1 Å². The molecule has 0 aliphatic heterocycles. The second-order valence-electron chi connectivity index (χ2n) is 6.82. The van der Waals surface area contributed by atoms with Gasteiger partial charge in [0.1, 0.15) is 5.75 Å². The summed E-state index contributed by atoms with van der Waals surface area (Å²) in [6.07, 6.45) is 5.09. The first-order valence-corrected chi connectivity index (χ1v) is 9.90. The number of nitrogens with one attached hydrogen (secondary N) is 2. The SMILES string of the molecule is Cc1ccc(NC(=O)COc2ccc(Br)cc2CNC2CCCC2)cc1. The Morgan fingerprint density at radius 1 is 1.15 bits per heavy atom. The average Bonchev–Trinajstić information content (AvgIpc) is 3.14. The highest BCUT2D eigenvalue weighted by atomic mass is 79.9. The molecule has 0 radical (unpaired) electrons. The first-order chi connectivity index (χ1) is 12.6. The van der Waals surface area contributed by atoms with Crippen molar-refractivity contribution in [1.29, 1.82) is 0 Å². The number of hydrogen-bond acceptors (Lipinski definition) is 3. The van der Waals surface area contributed by atoms with E-state index < -0.39 is 0 Å². The van der Waals surface area contributed by atoms with Crippen molar-refractivity contribution in [3.63, 3.8) is 0 Å². The van der Waals surface area contributed by atoms with Crippen molar-refractivity contribution in [1.82, 2.24) is 5.32 Å². The molecule has 0 aromatic heterocycles. The zero-order valence-electron chi connectivity index (χ0n) is 15.1. The van der Waals surface area contributed by atoms with E-state index in [9.17, 15) is 4.79 Å². The smallest absolute Gasteiger partial charge is 0.262 e. The van der Waals surface area contributed by atoms with E-state index in [-0.39, 0.29) is 12.5 Å². The second-order valence-corrected chi connectivity index (χ2v) is 7.73. The van der Waals surface area contributed by atoms with Gasteiger partial charge in [-0.25, -0.2) is 0 Å². The van der Waals surface area contributed by atoms with Gasteiger partial charge in [0.15, 0.2) is 6.61 Å². The van der Waals surface area contributed by atoms with Crippen LogP contribution in [0.1, 0.15) is 36.8 Å². The van der Waals surface area contributed by atoms with Crippen LogP contribution in [0.25, 0.3) is 0 Å². The average molecular weight is 417 g/mol. The van der Waals surface area contributed by atoms with Gasteiger partial charge >= 0.3 is 0 Å². The molecule has 2 aromatic rings. The minimum absolute atomic E-state index is 0.00800. The number of amides is 1. The molecule has 1 fully saturated rings. The lowest BCUT2D eigenvalue weighted by molar-refractivity contribution is -0.118. The maximum Gasteiger partial charge on any atom is 0.262 e. The van der Waals surface area contributed by atoms with E-state index in [2.05, 4.69) is 32.6 Å². The maximum absolute atomic E-state index is 12.2. The number of benzene rings is 2. The molecule has 2 N–H and O–H groups in total. The molecule has 1 aliphatic rings. The van der Waals surface area contributed by atoms with Gasteiger partial charge in [-0.2, -0.15) is 0 Å². The van der Waals surface area contributed by atoms with Crippen LogP contribution in [0.3, 0.4) is 0 Å². The molecule has 0 bridgehead atoms. The summed E-state index contributed by atoms with van der Waals surface area (Å²) in [5.74, 6) is 0.587. The third-order valence-corrected chi connectivity index (χ3v) is 5.15. The van der Waals surface area contributed by atoms with Crippen LogP contribution >= 0.6 is 15.9 Å². The van der Waals surface area contributed by atoms with Crippen LogP contribution in [0.15, 0.2) is 46.9 Å². The summed E-state index contributed by atoms with van der Waals surface area (Å²) in [6.45, 7) is 2.76. The van der Waals surface area contributed by atoms with Gasteiger partial charge in [0.25, 0.3) is 5.91 Å². The van der Waals surface area contributed by atoms with Gasteiger partial charge in [0.05, 0.1) is 0 Å². The molecule has 1 saturated carbocycles. The lowest BCUT2D eigenvalue weighted by Crippen LogP contribution is -2.26. The molecule has 0 saturated heterocycles. The quantitative estimate of drug-likeness (QED) is 0.680. The van der Waals surface area contributed by atoms with Gasteiger partial charge in [-0.3, -0.25) is 4.79 Å². The number of hydrogen-bond donors (Lipinski definition) is 2. The third-order valence-electron chi connectivity index (χ3n) is 4.65. The van der Waals surface area contributed by atoms with E-state index in [1.54, 1.807) is 0 Å². The number of ether oxygens (including phenoxy) is 1. The van der Waals surface area contributed by atoms with Crippen LogP contribution in [0.5, 0.6) is 5.75 Å². The van der Waals surface area contributed by atoms with Crippen molar-refractivity contribution in [2.45, 2.75) is 45.2 Å². The fourth-order valence-electron chi connectivity index (χ4n) is 3.19. The Hall–Kier alpha value is -1.85. The predicted octanol–water partition coefficient (Wildman–Crippen LogP) is 4.81.